The van der Waals surface area contributed by atoms with Crippen LogP contribution in [0.4, 0.5) is 0 Å². The summed E-state index contributed by atoms with van der Waals surface area (Å²) in [4.78, 5) is 32.8. The van der Waals surface area contributed by atoms with Crippen LogP contribution < -0.4 is 11.2 Å². The molecule has 3 aromatic heterocycles. The largest absolute Gasteiger partial charge is 0.440 e. The highest BCUT2D eigenvalue weighted by atomic mass is 32.2. The Balaban J connectivity index is 1.83. The molecule has 0 aliphatic heterocycles. The number of nitrogens with zero attached hydrogens (tertiary/aromatic N) is 5. The Bertz CT molecular complexity index is 906. The molecule has 0 amide bonds. The smallest absolute Gasteiger partial charge is 0.332 e. The first-order valence-corrected chi connectivity index (χ1v) is 7.71. The van der Waals surface area contributed by atoms with Crippen LogP contribution in [0, 0.1) is 0 Å². The molecule has 0 saturated heterocycles. The topological polar surface area (TPSA) is 87.8 Å². The lowest BCUT2D eigenvalue weighted by Crippen LogP contribution is -2.39. The Kier molecular flexibility index (Phi) is 3.88. The SMILES string of the molecule is Cn1cnc2c1c(=O)n(CCCSc1ncco1)c(=O)n2C. The van der Waals surface area contributed by atoms with Gasteiger partial charge < -0.3 is 8.98 Å². The Labute approximate surface area is 129 Å². The van der Waals surface area contributed by atoms with Crippen LogP contribution in [0.2, 0.25) is 0 Å². The van der Waals surface area contributed by atoms with Crippen molar-refractivity contribution >= 4 is 22.9 Å². The molecule has 0 aliphatic rings. The molecule has 0 unspecified atom stereocenters. The monoisotopic (exact) mass is 321 g/mol. The molecule has 3 aromatic rings. The minimum absolute atomic E-state index is 0.306. The first kappa shape index (κ1) is 14.6. The summed E-state index contributed by atoms with van der Waals surface area (Å²) in [5, 5.41) is 0.585. The predicted molar refractivity (Wildman–Crippen MR) is 82.1 cm³/mol. The van der Waals surface area contributed by atoms with Gasteiger partial charge in [-0.15, -0.1) is 0 Å². The summed E-state index contributed by atoms with van der Waals surface area (Å²) >= 11 is 1.45. The van der Waals surface area contributed by atoms with Crippen LogP contribution in [-0.4, -0.2) is 29.4 Å². The van der Waals surface area contributed by atoms with Crippen LogP contribution in [-0.2, 0) is 20.6 Å². The van der Waals surface area contributed by atoms with Crippen molar-refractivity contribution in [2.45, 2.75) is 18.2 Å². The second kappa shape index (κ2) is 5.84. The highest BCUT2D eigenvalue weighted by Gasteiger charge is 2.14. The highest BCUT2D eigenvalue weighted by molar-refractivity contribution is 7.99. The van der Waals surface area contributed by atoms with Gasteiger partial charge in [-0.25, -0.2) is 14.8 Å². The molecule has 0 aromatic carbocycles. The number of thioether (sulfide) groups is 1. The second-order valence-corrected chi connectivity index (χ2v) is 5.87. The molecule has 0 aliphatic carbocycles. The third kappa shape index (κ3) is 2.47. The normalized spacial score (nSPS) is 11.4. The lowest BCUT2D eigenvalue weighted by Gasteiger charge is -2.08. The van der Waals surface area contributed by atoms with E-state index in [0.717, 1.165) is 0 Å². The van der Waals surface area contributed by atoms with Crippen LogP contribution >= 0.6 is 11.8 Å². The van der Waals surface area contributed by atoms with Crippen molar-refractivity contribution in [1.29, 1.82) is 0 Å². The van der Waals surface area contributed by atoms with Crippen LogP contribution in [0.15, 0.2) is 38.0 Å². The fourth-order valence-corrected chi connectivity index (χ4v) is 2.96. The van der Waals surface area contributed by atoms with Crippen LogP contribution in [0.1, 0.15) is 6.42 Å². The number of imidazole rings is 1. The molecule has 0 radical (unpaired) electrons. The first-order valence-electron chi connectivity index (χ1n) is 6.72. The fraction of sp³-hybridized carbons (Fsp3) is 0.385. The molecule has 0 saturated carbocycles. The number of hydrogen-bond donors (Lipinski definition) is 0. The maximum absolute atomic E-state index is 12.5. The van der Waals surface area contributed by atoms with Crippen molar-refractivity contribution in [3.8, 4) is 0 Å². The van der Waals surface area contributed by atoms with Gasteiger partial charge in [-0.05, 0) is 6.42 Å². The lowest BCUT2D eigenvalue weighted by molar-refractivity contribution is 0.453. The van der Waals surface area contributed by atoms with E-state index in [9.17, 15) is 9.59 Å². The van der Waals surface area contributed by atoms with E-state index >= 15 is 0 Å². The van der Waals surface area contributed by atoms with E-state index in [4.69, 9.17) is 4.42 Å². The van der Waals surface area contributed by atoms with E-state index in [1.807, 2.05) is 0 Å². The molecular weight excluding hydrogens is 306 g/mol. The molecule has 0 bridgehead atoms. The van der Waals surface area contributed by atoms with Crippen molar-refractivity contribution in [2.24, 2.45) is 14.1 Å². The van der Waals surface area contributed by atoms with Gasteiger partial charge >= 0.3 is 5.69 Å². The minimum atomic E-state index is -0.350. The molecule has 0 spiro atoms. The third-order valence-electron chi connectivity index (χ3n) is 3.36. The molecule has 0 fully saturated rings. The quantitative estimate of drug-likeness (QED) is 0.505. The number of oxazole rings is 1. The van der Waals surface area contributed by atoms with Gasteiger partial charge in [0.15, 0.2) is 11.2 Å². The van der Waals surface area contributed by atoms with Crippen LogP contribution in [0.3, 0.4) is 0 Å². The Morgan fingerprint density at radius 3 is 2.82 bits per heavy atom. The van der Waals surface area contributed by atoms with Gasteiger partial charge in [0.25, 0.3) is 10.8 Å². The predicted octanol–water partition coefficient (Wildman–Crippen LogP) is 0.604. The zero-order valence-electron chi connectivity index (χ0n) is 12.2. The summed E-state index contributed by atoms with van der Waals surface area (Å²) in [6.07, 6.45) is 5.29. The molecule has 8 nitrogen and oxygen atoms in total. The van der Waals surface area contributed by atoms with Gasteiger partial charge in [0.1, 0.15) is 6.26 Å². The van der Waals surface area contributed by atoms with E-state index in [-0.39, 0.29) is 11.2 Å². The van der Waals surface area contributed by atoms with Gasteiger partial charge in [0, 0.05) is 26.4 Å². The summed E-state index contributed by atoms with van der Waals surface area (Å²) < 4.78 is 9.41. The standard InChI is InChI=1S/C13H15N5O3S/c1-16-8-15-10-9(16)11(19)18(13(20)17(10)2)5-3-7-22-12-14-4-6-21-12/h4,6,8H,3,5,7H2,1-2H3. The van der Waals surface area contributed by atoms with Crippen molar-refractivity contribution in [3.63, 3.8) is 0 Å². The van der Waals surface area contributed by atoms with E-state index in [2.05, 4.69) is 9.97 Å². The zero-order chi connectivity index (χ0) is 15.7. The van der Waals surface area contributed by atoms with Crippen LogP contribution in [0.5, 0.6) is 0 Å². The van der Waals surface area contributed by atoms with Gasteiger partial charge in [0.2, 0.25) is 0 Å². The molecule has 3 heterocycles. The van der Waals surface area contributed by atoms with Gasteiger partial charge in [-0.1, -0.05) is 11.8 Å². The minimum Gasteiger partial charge on any atom is -0.440 e. The average molecular weight is 321 g/mol. The van der Waals surface area contributed by atoms with E-state index < -0.39 is 0 Å². The Hall–Kier alpha value is -2.29. The Morgan fingerprint density at radius 1 is 1.27 bits per heavy atom. The number of hydrogen-bond acceptors (Lipinski definition) is 6. The molecule has 22 heavy (non-hydrogen) atoms. The number of aryl methyl sites for hydroxylation is 2. The van der Waals surface area contributed by atoms with E-state index in [1.54, 1.807) is 24.9 Å². The number of rotatable bonds is 5. The highest BCUT2D eigenvalue weighted by Crippen LogP contribution is 2.15. The second-order valence-electron chi connectivity index (χ2n) is 4.83. The maximum atomic E-state index is 12.5. The summed E-state index contributed by atoms with van der Waals surface area (Å²) in [6, 6.07) is 0. The number of fused-ring (bicyclic) bond motifs is 1. The molecule has 116 valence electrons. The van der Waals surface area contributed by atoms with Gasteiger partial charge in [0.05, 0.1) is 12.5 Å². The Morgan fingerprint density at radius 2 is 2.09 bits per heavy atom. The zero-order valence-corrected chi connectivity index (χ0v) is 13.0. The summed E-state index contributed by atoms with van der Waals surface area (Å²) in [5.74, 6) is 0.708. The maximum Gasteiger partial charge on any atom is 0.332 e. The molecule has 9 heteroatoms. The van der Waals surface area contributed by atoms with Gasteiger partial charge in [-0.3, -0.25) is 13.9 Å². The summed E-state index contributed by atoms with van der Waals surface area (Å²) in [7, 11) is 3.36. The van der Waals surface area contributed by atoms with Crippen molar-refractivity contribution < 1.29 is 4.42 Å². The third-order valence-corrected chi connectivity index (χ3v) is 4.30. The van der Waals surface area contributed by atoms with Crippen molar-refractivity contribution in [3.05, 3.63) is 39.6 Å². The summed E-state index contributed by atoms with van der Waals surface area (Å²) in [6.45, 7) is 0.348. The summed E-state index contributed by atoms with van der Waals surface area (Å²) in [5.41, 5.74) is 0.182. The van der Waals surface area contributed by atoms with Crippen molar-refractivity contribution in [1.82, 2.24) is 23.7 Å². The average Bonchev–Trinajstić information content (AvgIpc) is 3.14. The van der Waals surface area contributed by atoms with E-state index in [0.29, 0.717) is 35.1 Å². The lowest BCUT2D eigenvalue weighted by atomic mass is 10.4. The van der Waals surface area contributed by atoms with Crippen LogP contribution in [0.25, 0.3) is 11.2 Å². The molecular formula is C13H15N5O3S. The fourth-order valence-electron chi connectivity index (χ4n) is 2.26. The molecule has 0 N–H and O–H groups in total. The van der Waals surface area contributed by atoms with E-state index in [1.165, 1.54) is 33.5 Å². The molecule has 3 rings (SSSR count). The first-order chi connectivity index (χ1) is 10.6. The van der Waals surface area contributed by atoms with Crippen molar-refractivity contribution in [2.75, 3.05) is 5.75 Å². The number of aromatic nitrogens is 5. The van der Waals surface area contributed by atoms with Gasteiger partial charge in [-0.2, -0.15) is 0 Å². The molecule has 0 atom stereocenters.